The van der Waals surface area contributed by atoms with E-state index >= 15 is 0 Å². The Labute approximate surface area is 154 Å². The van der Waals surface area contributed by atoms with Crippen LogP contribution in [0.25, 0.3) is 5.65 Å². The van der Waals surface area contributed by atoms with Crippen LogP contribution in [0.3, 0.4) is 0 Å². The highest BCUT2D eigenvalue weighted by atomic mass is 16.5. The van der Waals surface area contributed by atoms with Crippen molar-refractivity contribution in [1.29, 1.82) is 0 Å². The molecule has 1 N–H and O–H groups in total. The number of aromatic nitrogens is 2. The number of aryl methyl sites for hydroxylation is 1. The zero-order valence-electron chi connectivity index (χ0n) is 15.7. The Morgan fingerprint density at radius 1 is 1.23 bits per heavy atom. The lowest BCUT2D eigenvalue weighted by Gasteiger charge is -2.22. The van der Waals surface area contributed by atoms with E-state index in [9.17, 15) is 0 Å². The van der Waals surface area contributed by atoms with Gasteiger partial charge in [0.25, 0.3) is 0 Å². The molecule has 0 aliphatic rings. The summed E-state index contributed by atoms with van der Waals surface area (Å²) in [7, 11) is 5.49. The third-order valence-electron chi connectivity index (χ3n) is 4.35. The van der Waals surface area contributed by atoms with Crippen LogP contribution in [0.15, 0.2) is 53.7 Å². The number of aliphatic imine (C=N–C) groups is 1. The lowest BCUT2D eigenvalue weighted by atomic mass is 10.2. The average molecular weight is 351 g/mol. The summed E-state index contributed by atoms with van der Waals surface area (Å²) in [5, 5.41) is 3.38. The van der Waals surface area contributed by atoms with Gasteiger partial charge in [0.2, 0.25) is 0 Å². The van der Waals surface area contributed by atoms with Crippen molar-refractivity contribution in [2.45, 2.75) is 20.0 Å². The van der Waals surface area contributed by atoms with Gasteiger partial charge in [-0.3, -0.25) is 4.99 Å². The minimum atomic E-state index is 0.615. The van der Waals surface area contributed by atoms with Crippen LogP contribution in [0.5, 0.6) is 5.75 Å². The first-order valence-electron chi connectivity index (χ1n) is 8.59. The third-order valence-corrected chi connectivity index (χ3v) is 4.35. The fourth-order valence-corrected chi connectivity index (χ4v) is 3.00. The minimum Gasteiger partial charge on any atom is -0.496 e. The number of ether oxygens (including phenoxy) is 1. The molecule has 6 nitrogen and oxygen atoms in total. The summed E-state index contributed by atoms with van der Waals surface area (Å²) in [6, 6.07) is 14.1. The van der Waals surface area contributed by atoms with Crippen LogP contribution in [-0.2, 0) is 13.1 Å². The highest BCUT2D eigenvalue weighted by Crippen LogP contribution is 2.18. The van der Waals surface area contributed by atoms with Crippen molar-refractivity contribution < 1.29 is 4.74 Å². The molecule has 1 aromatic carbocycles. The number of benzene rings is 1. The Morgan fingerprint density at radius 3 is 2.77 bits per heavy atom. The van der Waals surface area contributed by atoms with Crippen molar-refractivity contribution in [3.8, 4) is 5.75 Å². The molecule has 0 aliphatic heterocycles. The first kappa shape index (κ1) is 17.8. The number of pyridine rings is 1. The van der Waals surface area contributed by atoms with Gasteiger partial charge in [-0.15, -0.1) is 0 Å². The molecule has 0 aliphatic carbocycles. The lowest BCUT2D eigenvalue weighted by Crippen LogP contribution is -2.38. The predicted octanol–water partition coefficient (Wildman–Crippen LogP) is 2.86. The Balaban J connectivity index is 1.67. The number of methoxy groups -OCH3 is 1. The Bertz CT molecular complexity index is 915. The van der Waals surface area contributed by atoms with Crippen LogP contribution >= 0.6 is 0 Å². The fraction of sp³-hybridized carbons (Fsp3) is 0.300. The Kier molecular flexibility index (Phi) is 5.41. The molecule has 2 aromatic heterocycles. The summed E-state index contributed by atoms with van der Waals surface area (Å²) in [5.74, 6) is 1.69. The first-order valence-corrected chi connectivity index (χ1v) is 8.59. The molecule has 0 fully saturated rings. The number of para-hydroxylation sites is 1. The van der Waals surface area contributed by atoms with Crippen molar-refractivity contribution in [1.82, 2.24) is 19.6 Å². The van der Waals surface area contributed by atoms with Crippen molar-refractivity contribution in [3.63, 3.8) is 0 Å². The number of rotatable bonds is 5. The molecule has 136 valence electrons. The minimum absolute atomic E-state index is 0.615. The van der Waals surface area contributed by atoms with E-state index in [1.54, 1.807) is 14.2 Å². The smallest absolute Gasteiger partial charge is 0.194 e. The quantitative estimate of drug-likeness (QED) is 0.567. The molecule has 0 saturated heterocycles. The fourth-order valence-electron chi connectivity index (χ4n) is 3.00. The van der Waals surface area contributed by atoms with Crippen LogP contribution in [0.1, 0.15) is 17.0 Å². The molecule has 0 unspecified atom stereocenters. The highest BCUT2D eigenvalue weighted by Gasteiger charge is 2.11. The highest BCUT2D eigenvalue weighted by molar-refractivity contribution is 5.79. The van der Waals surface area contributed by atoms with Gasteiger partial charge in [-0.2, -0.15) is 0 Å². The van der Waals surface area contributed by atoms with E-state index in [4.69, 9.17) is 4.74 Å². The van der Waals surface area contributed by atoms with Gasteiger partial charge in [0.05, 0.1) is 19.3 Å². The summed E-state index contributed by atoms with van der Waals surface area (Å²) in [6.45, 7) is 3.39. The topological polar surface area (TPSA) is 54.2 Å². The Hall–Kier alpha value is -3.02. The van der Waals surface area contributed by atoms with Gasteiger partial charge in [0, 0.05) is 38.1 Å². The molecule has 0 bridgehead atoms. The molecule has 0 saturated carbocycles. The molecule has 0 atom stereocenters. The van der Waals surface area contributed by atoms with Crippen molar-refractivity contribution in [2.75, 3.05) is 21.2 Å². The zero-order valence-corrected chi connectivity index (χ0v) is 15.7. The molecule has 3 rings (SSSR count). The molecule has 0 amide bonds. The van der Waals surface area contributed by atoms with Gasteiger partial charge in [-0.1, -0.05) is 24.3 Å². The monoisotopic (exact) mass is 351 g/mol. The largest absolute Gasteiger partial charge is 0.496 e. The van der Waals surface area contributed by atoms with Gasteiger partial charge in [-0.05, 0) is 25.1 Å². The standard InChI is InChI=1S/C20H25N5O/c1-15-8-7-11-19-23-17(14-25(15)19)12-22-20(21-2)24(3)13-16-9-5-6-10-18(16)26-4/h5-11,14H,12-13H2,1-4H3,(H,21,22). The molecule has 2 heterocycles. The maximum atomic E-state index is 5.43. The van der Waals surface area contributed by atoms with E-state index in [1.165, 1.54) is 5.69 Å². The van der Waals surface area contributed by atoms with E-state index < -0.39 is 0 Å². The number of hydrogen-bond acceptors (Lipinski definition) is 3. The first-order chi connectivity index (χ1) is 12.6. The maximum absolute atomic E-state index is 5.43. The van der Waals surface area contributed by atoms with E-state index in [1.807, 2.05) is 37.4 Å². The molecular weight excluding hydrogens is 326 g/mol. The van der Waals surface area contributed by atoms with Gasteiger partial charge in [-0.25, -0.2) is 4.98 Å². The van der Waals surface area contributed by atoms with Crippen LogP contribution in [0, 0.1) is 6.92 Å². The van der Waals surface area contributed by atoms with Gasteiger partial charge < -0.3 is 19.4 Å². The summed E-state index contributed by atoms with van der Waals surface area (Å²) in [4.78, 5) is 11.1. The summed E-state index contributed by atoms with van der Waals surface area (Å²) >= 11 is 0. The van der Waals surface area contributed by atoms with Crippen LogP contribution < -0.4 is 10.1 Å². The summed E-state index contributed by atoms with van der Waals surface area (Å²) in [6.07, 6.45) is 2.06. The average Bonchev–Trinajstić information content (AvgIpc) is 3.07. The maximum Gasteiger partial charge on any atom is 0.194 e. The second kappa shape index (κ2) is 7.91. The molecule has 0 spiro atoms. The van der Waals surface area contributed by atoms with E-state index in [-0.39, 0.29) is 0 Å². The Morgan fingerprint density at radius 2 is 2.04 bits per heavy atom. The zero-order chi connectivity index (χ0) is 18.5. The van der Waals surface area contributed by atoms with Crippen molar-refractivity contribution in [2.24, 2.45) is 4.99 Å². The second-order valence-corrected chi connectivity index (χ2v) is 6.20. The van der Waals surface area contributed by atoms with E-state index in [2.05, 4.69) is 49.8 Å². The number of guanidine groups is 1. The molecule has 3 aromatic rings. The van der Waals surface area contributed by atoms with Crippen LogP contribution in [0.2, 0.25) is 0 Å². The van der Waals surface area contributed by atoms with Crippen LogP contribution in [0.4, 0.5) is 0 Å². The molecule has 26 heavy (non-hydrogen) atoms. The molecular formula is C20H25N5O. The lowest BCUT2D eigenvalue weighted by molar-refractivity contribution is 0.396. The SMILES string of the molecule is CN=C(NCc1cn2c(C)cccc2n1)N(C)Cc1ccccc1OC. The van der Waals surface area contributed by atoms with E-state index in [0.717, 1.165) is 28.6 Å². The molecule has 0 radical (unpaired) electrons. The third kappa shape index (κ3) is 3.79. The predicted molar refractivity (Wildman–Crippen MR) is 105 cm³/mol. The summed E-state index contributed by atoms with van der Waals surface area (Å²) < 4.78 is 7.53. The molecule has 6 heteroatoms. The number of nitrogens with zero attached hydrogens (tertiary/aromatic N) is 4. The van der Waals surface area contributed by atoms with Crippen molar-refractivity contribution in [3.05, 3.63) is 65.6 Å². The van der Waals surface area contributed by atoms with Gasteiger partial charge >= 0.3 is 0 Å². The summed E-state index contributed by atoms with van der Waals surface area (Å²) in [5.41, 5.74) is 4.22. The number of imidazole rings is 1. The van der Waals surface area contributed by atoms with E-state index in [0.29, 0.717) is 13.1 Å². The van der Waals surface area contributed by atoms with Gasteiger partial charge in [0.1, 0.15) is 11.4 Å². The number of nitrogens with one attached hydrogen (secondary N) is 1. The van der Waals surface area contributed by atoms with Crippen molar-refractivity contribution >= 4 is 11.6 Å². The van der Waals surface area contributed by atoms with Gasteiger partial charge in [0.15, 0.2) is 5.96 Å². The number of hydrogen-bond donors (Lipinski definition) is 1. The normalized spacial score (nSPS) is 11.6. The number of fused-ring (bicyclic) bond motifs is 1. The van der Waals surface area contributed by atoms with Crippen LogP contribution in [-0.4, -0.2) is 41.4 Å². The second-order valence-electron chi connectivity index (χ2n) is 6.20.